The average Bonchev–Trinajstić information content (AvgIpc) is 3.42. The summed E-state index contributed by atoms with van der Waals surface area (Å²) in [6, 6.07) is 16.2. The zero-order chi connectivity index (χ0) is 29.1. The van der Waals surface area contributed by atoms with E-state index in [1.807, 2.05) is 24.3 Å². The van der Waals surface area contributed by atoms with E-state index in [9.17, 15) is 14.7 Å². The normalized spacial score (nSPS) is 15.6. The van der Waals surface area contributed by atoms with Crippen LogP contribution in [0.1, 0.15) is 43.7 Å². The molecule has 11 heteroatoms. The van der Waals surface area contributed by atoms with Gasteiger partial charge in [-0.2, -0.15) is 0 Å². The number of hydrogen-bond acceptors (Lipinski definition) is 8. The number of phenolic OH excluding ortho intramolecular Hbond substituents is 1. The van der Waals surface area contributed by atoms with Crippen molar-refractivity contribution in [2.45, 2.75) is 50.7 Å². The maximum absolute atomic E-state index is 14.3. The molecule has 1 fully saturated rings. The first-order chi connectivity index (χ1) is 20.5. The van der Waals surface area contributed by atoms with E-state index in [0.717, 1.165) is 32.1 Å². The fourth-order valence-electron chi connectivity index (χ4n) is 5.68. The Hall–Kier alpha value is -4.80. The van der Waals surface area contributed by atoms with Crippen LogP contribution in [0.5, 0.6) is 23.0 Å². The van der Waals surface area contributed by atoms with Crippen LogP contribution >= 0.6 is 0 Å². The van der Waals surface area contributed by atoms with Gasteiger partial charge < -0.3 is 24.6 Å². The molecule has 0 bridgehead atoms. The van der Waals surface area contributed by atoms with E-state index in [1.54, 1.807) is 30.3 Å². The SMILES string of the molecule is COc1ccc([C@H](C(=O)NC2CCCCC2)N(C(=O)Cn2nnc3ccccc32)c2ccc3c(c2)OCCO3)cc1O. The number of carbonyl (C=O) groups is 2. The highest BCUT2D eigenvalue weighted by Gasteiger charge is 2.35. The fourth-order valence-corrected chi connectivity index (χ4v) is 5.68. The Kier molecular flexibility index (Phi) is 7.81. The Morgan fingerprint density at radius 1 is 1.05 bits per heavy atom. The molecule has 6 rings (SSSR count). The number of methoxy groups -OCH3 is 1. The van der Waals surface area contributed by atoms with E-state index < -0.39 is 11.9 Å². The number of aromatic nitrogens is 3. The molecule has 2 aliphatic rings. The molecule has 0 saturated heterocycles. The van der Waals surface area contributed by atoms with Gasteiger partial charge in [0.15, 0.2) is 23.0 Å². The third kappa shape index (κ3) is 5.54. The van der Waals surface area contributed by atoms with Crippen molar-refractivity contribution in [3.63, 3.8) is 0 Å². The van der Waals surface area contributed by atoms with Gasteiger partial charge in [-0.3, -0.25) is 14.5 Å². The minimum Gasteiger partial charge on any atom is -0.504 e. The Labute approximate surface area is 243 Å². The summed E-state index contributed by atoms with van der Waals surface area (Å²) in [5, 5.41) is 22.3. The molecule has 3 aromatic carbocycles. The molecule has 4 aromatic rings. The summed E-state index contributed by atoms with van der Waals surface area (Å²) in [4.78, 5) is 30.0. The maximum atomic E-state index is 14.3. The third-order valence-electron chi connectivity index (χ3n) is 7.75. The van der Waals surface area contributed by atoms with E-state index in [-0.39, 0.29) is 30.0 Å². The minimum absolute atomic E-state index is 0.00271. The number of nitrogens with zero attached hydrogens (tertiary/aromatic N) is 4. The van der Waals surface area contributed by atoms with Crippen molar-refractivity contribution in [3.8, 4) is 23.0 Å². The molecular weight excluding hydrogens is 538 g/mol. The molecule has 0 radical (unpaired) electrons. The first kappa shape index (κ1) is 27.4. The molecule has 0 spiro atoms. The van der Waals surface area contributed by atoms with Gasteiger partial charge in [-0.25, -0.2) is 4.68 Å². The van der Waals surface area contributed by atoms with E-state index >= 15 is 0 Å². The van der Waals surface area contributed by atoms with E-state index in [2.05, 4.69) is 15.6 Å². The predicted molar refractivity (Wildman–Crippen MR) is 155 cm³/mol. The van der Waals surface area contributed by atoms with E-state index in [0.29, 0.717) is 47.0 Å². The summed E-state index contributed by atoms with van der Waals surface area (Å²) < 4.78 is 18.3. The molecular formula is C31H33N5O6. The highest BCUT2D eigenvalue weighted by molar-refractivity contribution is 6.02. The summed E-state index contributed by atoms with van der Waals surface area (Å²) in [6.45, 7) is 0.615. The van der Waals surface area contributed by atoms with E-state index in [4.69, 9.17) is 14.2 Å². The summed E-state index contributed by atoms with van der Waals surface area (Å²) in [7, 11) is 1.45. The van der Waals surface area contributed by atoms with Gasteiger partial charge in [-0.05, 0) is 54.8 Å². The summed E-state index contributed by atoms with van der Waals surface area (Å²) in [6.07, 6.45) is 4.94. The molecule has 1 atom stereocenters. The number of benzene rings is 3. The quantitative estimate of drug-likeness (QED) is 0.323. The van der Waals surface area contributed by atoms with Crippen molar-refractivity contribution >= 4 is 28.5 Å². The smallest absolute Gasteiger partial charge is 0.249 e. The van der Waals surface area contributed by atoms with Gasteiger partial charge >= 0.3 is 0 Å². The number of fused-ring (bicyclic) bond motifs is 2. The first-order valence-corrected chi connectivity index (χ1v) is 14.2. The molecule has 2 N–H and O–H groups in total. The number of nitrogens with one attached hydrogen (secondary N) is 1. The number of amides is 2. The lowest BCUT2D eigenvalue weighted by molar-refractivity contribution is -0.127. The van der Waals surface area contributed by atoms with Gasteiger partial charge in [-0.15, -0.1) is 5.10 Å². The second-order valence-corrected chi connectivity index (χ2v) is 10.5. The molecule has 1 saturated carbocycles. The average molecular weight is 572 g/mol. The molecule has 1 aliphatic heterocycles. The molecule has 2 amide bonds. The predicted octanol–water partition coefficient (Wildman–Crippen LogP) is 4.14. The molecule has 1 aromatic heterocycles. The topological polar surface area (TPSA) is 128 Å². The summed E-state index contributed by atoms with van der Waals surface area (Å²) in [5.41, 5.74) is 2.21. The zero-order valence-electron chi connectivity index (χ0n) is 23.4. The lowest BCUT2D eigenvalue weighted by atomic mass is 9.94. The second-order valence-electron chi connectivity index (χ2n) is 10.5. The first-order valence-electron chi connectivity index (χ1n) is 14.2. The molecule has 42 heavy (non-hydrogen) atoms. The van der Waals surface area contributed by atoms with Crippen LogP contribution in [0.2, 0.25) is 0 Å². The number of para-hydroxylation sites is 1. The highest BCUT2D eigenvalue weighted by atomic mass is 16.6. The van der Waals surface area contributed by atoms with Crippen LogP contribution in [0.15, 0.2) is 60.7 Å². The Bertz CT molecular complexity index is 1600. The zero-order valence-corrected chi connectivity index (χ0v) is 23.4. The molecule has 2 heterocycles. The van der Waals surface area contributed by atoms with Gasteiger partial charge in [0.25, 0.3) is 0 Å². The van der Waals surface area contributed by atoms with Crippen LogP contribution in [-0.2, 0) is 16.1 Å². The molecule has 218 valence electrons. The van der Waals surface area contributed by atoms with Crippen LogP contribution in [0, 0.1) is 0 Å². The summed E-state index contributed by atoms with van der Waals surface area (Å²) in [5.74, 6) is 0.412. The van der Waals surface area contributed by atoms with Crippen LogP contribution in [0.3, 0.4) is 0 Å². The largest absolute Gasteiger partial charge is 0.504 e. The van der Waals surface area contributed by atoms with Crippen molar-refractivity contribution in [2.75, 3.05) is 25.2 Å². The Balaban J connectivity index is 1.45. The van der Waals surface area contributed by atoms with Crippen molar-refractivity contribution in [1.29, 1.82) is 0 Å². The number of ether oxygens (including phenoxy) is 3. The van der Waals surface area contributed by atoms with Crippen LogP contribution in [0.4, 0.5) is 5.69 Å². The lowest BCUT2D eigenvalue weighted by Crippen LogP contribution is -2.48. The number of hydrogen-bond donors (Lipinski definition) is 2. The van der Waals surface area contributed by atoms with E-state index in [1.165, 1.54) is 22.8 Å². The number of anilines is 1. The molecule has 1 aliphatic carbocycles. The maximum Gasteiger partial charge on any atom is 0.249 e. The standard InChI is InChI=1S/C31H33N5O6/c1-40-26-13-11-20(17-25(26)37)30(31(39)32-21-7-3-2-4-8-21)36(22-12-14-27-28(18-22)42-16-15-41-27)29(38)19-35-24-10-6-5-9-23(24)33-34-35/h5-6,9-14,17-18,21,30,37H,2-4,7-8,15-16,19H2,1H3,(H,32,39)/t30-/m1/s1. The van der Waals surface area contributed by atoms with Gasteiger partial charge in [0.2, 0.25) is 11.8 Å². The second kappa shape index (κ2) is 12.0. The number of aromatic hydroxyl groups is 1. The van der Waals surface area contributed by atoms with Crippen molar-refractivity contribution in [3.05, 3.63) is 66.2 Å². The number of phenols is 1. The Morgan fingerprint density at radius 2 is 1.83 bits per heavy atom. The van der Waals surface area contributed by atoms with Crippen molar-refractivity contribution < 1.29 is 28.9 Å². The number of carbonyl (C=O) groups excluding carboxylic acids is 2. The highest BCUT2D eigenvalue weighted by Crippen LogP contribution is 2.39. The van der Waals surface area contributed by atoms with Gasteiger partial charge in [0, 0.05) is 17.8 Å². The lowest BCUT2D eigenvalue weighted by Gasteiger charge is -2.34. The fraction of sp³-hybridized carbons (Fsp3) is 0.355. The van der Waals surface area contributed by atoms with Crippen LogP contribution in [0.25, 0.3) is 11.0 Å². The van der Waals surface area contributed by atoms with Crippen molar-refractivity contribution in [2.24, 2.45) is 0 Å². The van der Waals surface area contributed by atoms with Gasteiger partial charge in [0.1, 0.15) is 31.3 Å². The van der Waals surface area contributed by atoms with Gasteiger partial charge in [-0.1, -0.05) is 42.7 Å². The molecule has 0 unspecified atom stereocenters. The van der Waals surface area contributed by atoms with Crippen molar-refractivity contribution in [1.82, 2.24) is 20.3 Å². The molecule has 11 nitrogen and oxygen atoms in total. The number of rotatable bonds is 8. The van der Waals surface area contributed by atoms with Crippen LogP contribution < -0.4 is 24.4 Å². The van der Waals surface area contributed by atoms with Crippen LogP contribution in [-0.4, -0.2) is 58.3 Å². The Morgan fingerprint density at radius 3 is 2.62 bits per heavy atom. The minimum atomic E-state index is -1.12. The monoisotopic (exact) mass is 571 g/mol. The van der Waals surface area contributed by atoms with Gasteiger partial charge in [0.05, 0.1) is 12.6 Å². The third-order valence-corrected chi connectivity index (χ3v) is 7.75. The summed E-state index contributed by atoms with van der Waals surface area (Å²) >= 11 is 0.